The molecule has 0 aliphatic carbocycles. The van der Waals surface area contributed by atoms with Crippen molar-refractivity contribution in [1.82, 2.24) is 15.1 Å². The molecule has 29 heavy (non-hydrogen) atoms. The molecule has 2 saturated heterocycles. The van der Waals surface area contributed by atoms with Crippen molar-refractivity contribution in [3.05, 3.63) is 12.4 Å². The highest BCUT2D eigenvalue weighted by atomic mass is 16.6. The second-order valence-corrected chi connectivity index (χ2v) is 8.74. The zero-order valence-corrected chi connectivity index (χ0v) is 17.5. The molecular weight excluding hydrogens is 376 g/mol. The molecule has 2 amide bonds. The standard InChI is InChI=1S/C20H30N4O5/c1-13(16-7-5-6-8-23(16)19(27)29-20(2,3)4)28-18(26)14-9-17(25)24(12-14)15-10-21-22-11-15/h10-11,13-14,16H,5-9,12H2,1-4H3,(H,21,22)/t13-,14-,16-/m0/s1. The molecule has 3 atom stereocenters. The predicted octanol–water partition coefficient (Wildman–Crippen LogP) is 2.48. The van der Waals surface area contributed by atoms with E-state index in [1.54, 1.807) is 24.2 Å². The second-order valence-electron chi connectivity index (χ2n) is 8.74. The van der Waals surface area contributed by atoms with Gasteiger partial charge in [-0.15, -0.1) is 0 Å². The van der Waals surface area contributed by atoms with Crippen LogP contribution in [-0.4, -0.2) is 63.9 Å². The third-order valence-corrected chi connectivity index (χ3v) is 5.27. The summed E-state index contributed by atoms with van der Waals surface area (Å²) in [4.78, 5) is 40.8. The SMILES string of the molecule is C[C@H](OC(=O)[C@H]1CC(=O)N(c2cn[nH]c2)C1)[C@@H]1CCCCN1C(=O)OC(C)(C)C. The third-order valence-electron chi connectivity index (χ3n) is 5.27. The molecule has 160 valence electrons. The summed E-state index contributed by atoms with van der Waals surface area (Å²) in [5.74, 6) is -1.07. The maximum absolute atomic E-state index is 12.7. The summed E-state index contributed by atoms with van der Waals surface area (Å²) >= 11 is 0. The topological polar surface area (TPSA) is 105 Å². The number of carbonyl (C=O) groups is 3. The van der Waals surface area contributed by atoms with E-state index in [-0.39, 0.29) is 31.0 Å². The first kappa shape index (κ1) is 21.1. The summed E-state index contributed by atoms with van der Waals surface area (Å²) in [6.07, 6.45) is 5.02. The van der Waals surface area contributed by atoms with Crippen molar-refractivity contribution < 1.29 is 23.9 Å². The van der Waals surface area contributed by atoms with Crippen molar-refractivity contribution >= 4 is 23.7 Å². The Morgan fingerprint density at radius 1 is 1.31 bits per heavy atom. The summed E-state index contributed by atoms with van der Waals surface area (Å²) in [5.41, 5.74) is 0.0569. The molecule has 0 aromatic carbocycles. The molecule has 9 nitrogen and oxygen atoms in total. The van der Waals surface area contributed by atoms with Gasteiger partial charge in [0.25, 0.3) is 0 Å². The van der Waals surface area contributed by atoms with Gasteiger partial charge in [0.05, 0.1) is 23.8 Å². The number of ether oxygens (including phenoxy) is 2. The minimum absolute atomic E-state index is 0.108. The lowest BCUT2D eigenvalue weighted by molar-refractivity contribution is -0.156. The molecule has 1 aromatic rings. The van der Waals surface area contributed by atoms with Gasteiger partial charge in [-0.2, -0.15) is 5.10 Å². The maximum Gasteiger partial charge on any atom is 0.410 e. The van der Waals surface area contributed by atoms with Crippen molar-refractivity contribution in [2.45, 2.75) is 71.1 Å². The summed E-state index contributed by atoms with van der Waals surface area (Å²) in [5, 5.41) is 6.51. The Hall–Kier alpha value is -2.58. The molecule has 0 bridgehead atoms. The van der Waals surface area contributed by atoms with E-state index >= 15 is 0 Å². The lowest BCUT2D eigenvalue weighted by Gasteiger charge is -2.39. The van der Waals surface area contributed by atoms with Crippen molar-refractivity contribution in [2.75, 3.05) is 18.0 Å². The Morgan fingerprint density at radius 2 is 2.07 bits per heavy atom. The Bertz CT molecular complexity index is 743. The first-order valence-electron chi connectivity index (χ1n) is 10.1. The van der Waals surface area contributed by atoms with Crippen LogP contribution in [0.3, 0.4) is 0 Å². The van der Waals surface area contributed by atoms with Crippen LogP contribution in [0.1, 0.15) is 53.4 Å². The van der Waals surface area contributed by atoms with Crippen LogP contribution < -0.4 is 4.90 Å². The number of hydrogen-bond acceptors (Lipinski definition) is 6. The number of carbonyl (C=O) groups excluding carboxylic acids is 3. The van der Waals surface area contributed by atoms with Gasteiger partial charge in [0.15, 0.2) is 0 Å². The summed E-state index contributed by atoms with van der Waals surface area (Å²) in [6.45, 7) is 8.14. The summed E-state index contributed by atoms with van der Waals surface area (Å²) in [6, 6.07) is -0.232. The first-order chi connectivity index (χ1) is 13.7. The Morgan fingerprint density at radius 3 is 2.72 bits per heavy atom. The number of nitrogens with zero attached hydrogens (tertiary/aromatic N) is 3. The fourth-order valence-corrected chi connectivity index (χ4v) is 3.86. The summed E-state index contributed by atoms with van der Waals surface area (Å²) < 4.78 is 11.2. The van der Waals surface area contributed by atoms with Gasteiger partial charge in [-0.3, -0.25) is 14.7 Å². The van der Waals surface area contributed by atoms with Crippen molar-refractivity contribution in [3.63, 3.8) is 0 Å². The van der Waals surface area contributed by atoms with Crippen molar-refractivity contribution in [1.29, 1.82) is 0 Å². The van der Waals surface area contributed by atoms with E-state index in [0.717, 1.165) is 19.3 Å². The molecule has 3 heterocycles. The van der Waals surface area contributed by atoms with E-state index in [1.807, 2.05) is 20.8 Å². The second kappa shape index (κ2) is 8.42. The molecule has 2 aliphatic rings. The lowest BCUT2D eigenvalue weighted by atomic mass is 9.98. The Kier molecular flexibility index (Phi) is 6.14. The van der Waals surface area contributed by atoms with Gasteiger partial charge < -0.3 is 19.3 Å². The fraction of sp³-hybridized carbons (Fsp3) is 0.700. The molecule has 0 radical (unpaired) electrons. The molecule has 9 heteroatoms. The van der Waals surface area contributed by atoms with E-state index in [9.17, 15) is 14.4 Å². The smallest absolute Gasteiger partial charge is 0.410 e. The normalized spacial score (nSPS) is 23.8. The molecule has 0 spiro atoms. The minimum Gasteiger partial charge on any atom is -0.460 e. The molecule has 0 unspecified atom stereocenters. The average molecular weight is 406 g/mol. The van der Waals surface area contributed by atoms with Crippen LogP contribution in [0, 0.1) is 5.92 Å². The van der Waals surface area contributed by atoms with Crippen LogP contribution in [0.4, 0.5) is 10.5 Å². The molecule has 1 aromatic heterocycles. The number of aromatic nitrogens is 2. The van der Waals surface area contributed by atoms with E-state index < -0.39 is 23.6 Å². The van der Waals surface area contributed by atoms with E-state index in [1.165, 1.54) is 4.90 Å². The van der Waals surface area contributed by atoms with Gasteiger partial charge >= 0.3 is 12.1 Å². The van der Waals surface area contributed by atoms with Crippen LogP contribution in [0.2, 0.25) is 0 Å². The zero-order valence-electron chi connectivity index (χ0n) is 17.5. The fourth-order valence-electron chi connectivity index (χ4n) is 3.86. The monoisotopic (exact) mass is 406 g/mol. The molecule has 0 saturated carbocycles. The largest absolute Gasteiger partial charge is 0.460 e. The van der Waals surface area contributed by atoms with Gasteiger partial charge in [0, 0.05) is 25.7 Å². The minimum atomic E-state index is -0.584. The van der Waals surface area contributed by atoms with Crippen LogP contribution in [-0.2, 0) is 19.1 Å². The van der Waals surface area contributed by atoms with Gasteiger partial charge in [0.1, 0.15) is 11.7 Å². The maximum atomic E-state index is 12.7. The van der Waals surface area contributed by atoms with Gasteiger partial charge in [-0.1, -0.05) is 0 Å². The number of esters is 1. The average Bonchev–Trinajstić information content (AvgIpc) is 3.29. The van der Waals surface area contributed by atoms with Gasteiger partial charge in [-0.05, 0) is 47.0 Å². The number of nitrogens with one attached hydrogen (secondary N) is 1. The number of hydrogen-bond donors (Lipinski definition) is 1. The van der Waals surface area contributed by atoms with Crippen LogP contribution in [0.25, 0.3) is 0 Å². The summed E-state index contributed by atoms with van der Waals surface area (Å²) in [7, 11) is 0. The van der Waals surface area contributed by atoms with E-state index in [0.29, 0.717) is 12.2 Å². The number of aromatic amines is 1. The molecule has 2 aliphatic heterocycles. The zero-order chi connectivity index (χ0) is 21.2. The number of rotatable bonds is 4. The number of piperidine rings is 1. The number of amides is 2. The predicted molar refractivity (Wildman–Crippen MR) is 105 cm³/mol. The Labute approximate surface area is 170 Å². The highest BCUT2D eigenvalue weighted by Crippen LogP contribution is 2.28. The Balaban J connectivity index is 1.60. The van der Waals surface area contributed by atoms with Crippen LogP contribution >= 0.6 is 0 Å². The number of H-pyrrole nitrogens is 1. The van der Waals surface area contributed by atoms with Crippen LogP contribution in [0.5, 0.6) is 0 Å². The third kappa shape index (κ3) is 5.07. The highest BCUT2D eigenvalue weighted by Gasteiger charge is 2.40. The lowest BCUT2D eigenvalue weighted by Crippen LogP contribution is -2.51. The molecule has 3 rings (SSSR count). The quantitative estimate of drug-likeness (QED) is 0.770. The highest BCUT2D eigenvalue weighted by molar-refractivity contribution is 5.99. The first-order valence-corrected chi connectivity index (χ1v) is 10.1. The number of likely N-dealkylation sites (tertiary alicyclic amines) is 1. The van der Waals surface area contributed by atoms with Crippen molar-refractivity contribution in [3.8, 4) is 0 Å². The van der Waals surface area contributed by atoms with Crippen molar-refractivity contribution in [2.24, 2.45) is 5.92 Å². The van der Waals surface area contributed by atoms with Gasteiger partial charge in [0.2, 0.25) is 5.91 Å². The van der Waals surface area contributed by atoms with Gasteiger partial charge in [-0.25, -0.2) is 4.79 Å². The number of anilines is 1. The molecular formula is C20H30N4O5. The van der Waals surface area contributed by atoms with E-state index in [2.05, 4.69) is 10.2 Å². The van der Waals surface area contributed by atoms with E-state index in [4.69, 9.17) is 9.47 Å². The molecule has 2 fully saturated rings. The van der Waals surface area contributed by atoms with Crippen LogP contribution in [0.15, 0.2) is 12.4 Å². The molecule has 1 N–H and O–H groups in total.